The Kier molecular flexibility index (Phi) is 5.19. The minimum absolute atomic E-state index is 0.142. The van der Waals surface area contributed by atoms with Gasteiger partial charge in [-0.25, -0.2) is 4.68 Å². The number of hydrogen-bond donors (Lipinski definition) is 1. The van der Waals surface area contributed by atoms with Crippen LogP contribution in [0.2, 0.25) is 0 Å². The number of fused-ring (bicyclic) bond motifs is 1. The first-order valence-corrected chi connectivity index (χ1v) is 9.05. The molecule has 0 spiro atoms. The number of hydrogen-bond acceptors (Lipinski definition) is 4. The summed E-state index contributed by atoms with van der Waals surface area (Å²) in [5, 5.41) is 8.60. The van der Waals surface area contributed by atoms with E-state index in [9.17, 15) is 9.59 Å². The lowest BCUT2D eigenvalue weighted by Crippen LogP contribution is -2.27. The summed E-state index contributed by atoms with van der Waals surface area (Å²) >= 11 is 1.64. The van der Waals surface area contributed by atoms with Crippen LogP contribution in [-0.4, -0.2) is 21.4 Å². The maximum absolute atomic E-state index is 12.6. The smallest absolute Gasteiger partial charge is 0.274 e. The number of aryl methyl sites for hydroxylation is 1. The summed E-state index contributed by atoms with van der Waals surface area (Å²) in [6.07, 6.45) is 0. The van der Waals surface area contributed by atoms with Crippen molar-refractivity contribution in [3.05, 3.63) is 70.1 Å². The number of nitrogens with zero attached hydrogens (tertiary/aromatic N) is 2. The van der Waals surface area contributed by atoms with Crippen molar-refractivity contribution >= 4 is 28.4 Å². The number of carbonyl (C=O) groups is 1. The van der Waals surface area contributed by atoms with Crippen molar-refractivity contribution in [3.8, 4) is 0 Å². The van der Waals surface area contributed by atoms with Crippen molar-refractivity contribution in [2.45, 2.75) is 18.4 Å². The lowest BCUT2D eigenvalue weighted by Gasteiger charge is -2.11. The van der Waals surface area contributed by atoms with Gasteiger partial charge in [0.2, 0.25) is 0 Å². The third kappa shape index (κ3) is 3.58. The van der Waals surface area contributed by atoms with Gasteiger partial charge in [-0.3, -0.25) is 9.59 Å². The number of amides is 1. The van der Waals surface area contributed by atoms with Crippen molar-refractivity contribution in [1.29, 1.82) is 0 Å². The fourth-order valence-electron chi connectivity index (χ4n) is 2.70. The van der Waals surface area contributed by atoms with Crippen molar-refractivity contribution < 1.29 is 4.79 Å². The molecule has 25 heavy (non-hydrogen) atoms. The van der Waals surface area contributed by atoms with Gasteiger partial charge in [0.25, 0.3) is 11.5 Å². The maximum atomic E-state index is 12.6. The molecule has 6 heteroatoms. The highest BCUT2D eigenvalue weighted by Gasteiger charge is 2.13. The minimum atomic E-state index is -0.143. The first kappa shape index (κ1) is 17.2. The fourth-order valence-corrected chi connectivity index (χ4v) is 3.50. The quantitative estimate of drug-likeness (QED) is 0.716. The number of aromatic nitrogens is 2. The second kappa shape index (κ2) is 7.53. The number of rotatable bonds is 5. The Labute approximate surface area is 150 Å². The molecular formula is C19H19N3O2S. The van der Waals surface area contributed by atoms with Gasteiger partial charge in [-0.1, -0.05) is 37.3 Å². The van der Waals surface area contributed by atoms with Gasteiger partial charge < -0.3 is 5.32 Å². The standard InChI is InChI=1S/C19H19N3O2S/c1-3-25-17-11-7-6-10-15(17)18(23)20-12-16-13-8-4-5-9-14(13)19(24)22(2)21-16/h4-11H,3,12H2,1-2H3,(H,20,23). The number of carbonyl (C=O) groups excluding carboxylic acids is 1. The van der Waals surface area contributed by atoms with E-state index < -0.39 is 0 Å². The van der Waals surface area contributed by atoms with Crippen molar-refractivity contribution in [2.24, 2.45) is 7.05 Å². The van der Waals surface area contributed by atoms with Gasteiger partial charge in [-0.2, -0.15) is 5.10 Å². The summed E-state index contributed by atoms with van der Waals surface area (Å²) in [7, 11) is 1.62. The van der Waals surface area contributed by atoms with Crippen LogP contribution in [-0.2, 0) is 13.6 Å². The first-order chi connectivity index (χ1) is 12.1. The van der Waals surface area contributed by atoms with Crippen molar-refractivity contribution in [1.82, 2.24) is 15.1 Å². The van der Waals surface area contributed by atoms with Crippen LogP contribution in [0.1, 0.15) is 23.0 Å². The average Bonchev–Trinajstić information content (AvgIpc) is 2.64. The highest BCUT2D eigenvalue weighted by Crippen LogP contribution is 2.22. The molecule has 0 bridgehead atoms. The van der Waals surface area contributed by atoms with Gasteiger partial charge in [0.1, 0.15) is 0 Å². The van der Waals surface area contributed by atoms with Crippen LogP contribution in [0.15, 0.2) is 58.2 Å². The summed E-state index contributed by atoms with van der Waals surface area (Å²) in [5.74, 6) is 0.758. The van der Waals surface area contributed by atoms with Gasteiger partial charge in [-0.05, 0) is 24.0 Å². The molecule has 2 aromatic carbocycles. The van der Waals surface area contributed by atoms with E-state index in [0.29, 0.717) is 16.6 Å². The molecule has 0 aliphatic rings. The molecule has 0 aliphatic carbocycles. The second-order valence-corrected chi connectivity index (χ2v) is 6.84. The van der Waals surface area contributed by atoms with Crippen LogP contribution in [0.5, 0.6) is 0 Å². The molecule has 3 aromatic rings. The molecule has 1 aromatic heterocycles. The van der Waals surface area contributed by atoms with E-state index in [0.717, 1.165) is 16.0 Å². The predicted molar refractivity (Wildman–Crippen MR) is 101 cm³/mol. The third-order valence-electron chi connectivity index (χ3n) is 3.88. The normalized spacial score (nSPS) is 10.8. The molecule has 0 aliphatic heterocycles. The van der Waals surface area contributed by atoms with Gasteiger partial charge in [-0.15, -0.1) is 11.8 Å². The molecule has 0 radical (unpaired) electrons. The maximum Gasteiger partial charge on any atom is 0.274 e. The largest absolute Gasteiger partial charge is 0.346 e. The number of nitrogens with one attached hydrogen (secondary N) is 1. The van der Waals surface area contributed by atoms with Crippen LogP contribution in [0.3, 0.4) is 0 Å². The highest BCUT2D eigenvalue weighted by atomic mass is 32.2. The monoisotopic (exact) mass is 353 g/mol. The molecule has 0 saturated carbocycles. The average molecular weight is 353 g/mol. The van der Waals surface area contributed by atoms with Crippen LogP contribution < -0.4 is 10.9 Å². The molecule has 128 valence electrons. The fraction of sp³-hybridized carbons (Fsp3) is 0.211. The van der Waals surface area contributed by atoms with E-state index in [-0.39, 0.29) is 18.0 Å². The van der Waals surface area contributed by atoms with Gasteiger partial charge >= 0.3 is 0 Å². The summed E-state index contributed by atoms with van der Waals surface area (Å²) in [4.78, 5) is 25.7. The lowest BCUT2D eigenvalue weighted by atomic mass is 10.1. The molecule has 5 nitrogen and oxygen atoms in total. The minimum Gasteiger partial charge on any atom is -0.346 e. The van der Waals surface area contributed by atoms with E-state index in [1.165, 1.54) is 4.68 Å². The predicted octanol–water partition coefficient (Wildman–Crippen LogP) is 2.98. The Morgan fingerprint density at radius 1 is 1.12 bits per heavy atom. The lowest BCUT2D eigenvalue weighted by molar-refractivity contribution is 0.0947. The highest BCUT2D eigenvalue weighted by molar-refractivity contribution is 7.99. The van der Waals surface area contributed by atoms with E-state index in [4.69, 9.17) is 0 Å². The third-order valence-corrected chi connectivity index (χ3v) is 4.84. The number of thioether (sulfide) groups is 1. The number of benzene rings is 2. The molecule has 1 heterocycles. The molecule has 0 saturated heterocycles. The van der Waals surface area contributed by atoms with Crippen LogP contribution in [0.25, 0.3) is 10.8 Å². The molecule has 3 rings (SSSR count). The zero-order valence-electron chi connectivity index (χ0n) is 14.2. The Balaban J connectivity index is 1.88. The van der Waals surface area contributed by atoms with Crippen LogP contribution >= 0.6 is 11.8 Å². The van der Waals surface area contributed by atoms with E-state index in [2.05, 4.69) is 17.3 Å². The Morgan fingerprint density at radius 2 is 1.80 bits per heavy atom. The molecular weight excluding hydrogens is 334 g/mol. The van der Waals surface area contributed by atoms with Gasteiger partial charge in [0, 0.05) is 17.3 Å². The zero-order valence-corrected chi connectivity index (χ0v) is 15.0. The van der Waals surface area contributed by atoms with Crippen LogP contribution in [0, 0.1) is 0 Å². The molecule has 0 unspecified atom stereocenters. The topological polar surface area (TPSA) is 64.0 Å². The van der Waals surface area contributed by atoms with Gasteiger partial charge in [0.05, 0.1) is 23.2 Å². The summed E-state index contributed by atoms with van der Waals surface area (Å²) in [6, 6.07) is 14.9. The molecule has 1 amide bonds. The Morgan fingerprint density at radius 3 is 2.56 bits per heavy atom. The molecule has 1 N–H and O–H groups in total. The van der Waals surface area contributed by atoms with Crippen molar-refractivity contribution in [3.63, 3.8) is 0 Å². The molecule has 0 fully saturated rings. The molecule has 0 atom stereocenters. The Hall–Kier alpha value is -2.60. The summed E-state index contributed by atoms with van der Waals surface area (Å²) in [5.41, 5.74) is 1.19. The van der Waals surface area contributed by atoms with E-state index in [1.807, 2.05) is 42.5 Å². The van der Waals surface area contributed by atoms with Crippen LogP contribution in [0.4, 0.5) is 0 Å². The SMILES string of the molecule is CCSc1ccccc1C(=O)NCc1nn(C)c(=O)c2ccccc12. The first-order valence-electron chi connectivity index (χ1n) is 8.06. The summed E-state index contributed by atoms with van der Waals surface area (Å²) in [6.45, 7) is 2.32. The van der Waals surface area contributed by atoms with E-state index >= 15 is 0 Å². The Bertz CT molecular complexity index is 982. The van der Waals surface area contributed by atoms with Gasteiger partial charge in [0.15, 0.2) is 0 Å². The second-order valence-electron chi connectivity index (χ2n) is 5.53. The summed E-state index contributed by atoms with van der Waals surface area (Å²) < 4.78 is 1.31. The van der Waals surface area contributed by atoms with Crippen molar-refractivity contribution in [2.75, 3.05) is 5.75 Å². The van der Waals surface area contributed by atoms with E-state index in [1.54, 1.807) is 24.9 Å². The zero-order chi connectivity index (χ0) is 17.8.